The second-order valence-electron chi connectivity index (χ2n) is 5.14. The van der Waals surface area contributed by atoms with Crippen molar-refractivity contribution in [3.63, 3.8) is 0 Å². The number of hydrogen-bond acceptors (Lipinski definition) is 2. The van der Waals surface area contributed by atoms with Gasteiger partial charge in [0.25, 0.3) is 5.91 Å². The van der Waals surface area contributed by atoms with Crippen LogP contribution in [0.3, 0.4) is 0 Å². The molecule has 2 rings (SSSR count). The van der Waals surface area contributed by atoms with E-state index in [1.54, 1.807) is 18.2 Å². The molecule has 0 aromatic heterocycles. The number of benzene rings is 2. The maximum absolute atomic E-state index is 12.2. The number of carbonyl (C=O) groups excluding carboxylic acids is 1. The van der Waals surface area contributed by atoms with Crippen molar-refractivity contribution in [2.45, 2.75) is 25.8 Å². The summed E-state index contributed by atoms with van der Waals surface area (Å²) < 4.78 is 0.743. The fourth-order valence-corrected chi connectivity index (χ4v) is 2.45. The van der Waals surface area contributed by atoms with Gasteiger partial charge in [0, 0.05) is 21.8 Å². The zero-order valence-electron chi connectivity index (χ0n) is 12.0. The van der Waals surface area contributed by atoms with Crippen molar-refractivity contribution in [2.75, 3.05) is 5.73 Å². The third-order valence-corrected chi connectivity index (χ3v) is 4.04. The summed E-state index contributed by atoms with van der Waals surface area (Å²) in [5.74, 6) is -0.0729. The Morgan fingerprint density at radius 1 is 1.24 bits per heavy atom. The zero-order valence-corrected chi connectivity index (χ0v) is 13.6. The zero-order chi connectivity index (χ0) is 15.2. The molecule has 1 amide bonds. The fourth-order valence-electron chi connectivity index (χ4n) is 2.08. The molecular formula is C17H19BrN2O. The van der Waals surface area contributed by atoms with Crippen LogP contribution >= 0.6 is 15.9 Å². The molecule has 1 unspecified atom stereocenters. The van der Waals surface area contributed by atoms with Crippen molar-refractivity contribution in [3.8, 4) is 0 Å². The summed E-state index contributed by atoms with van der Waals surface area (Å²) in [7, 11) is 0. The Kier molecular flexibility index (Phi) is 5.39. The summed E-state index contributed by atoms with van der Waals surface area (Å²) >= 11 is 3.34. The smallest absolute Gasteiger partial charge is 0.251 e. The van der Waals surface area contributed by atoms with E-state index in [0.717, 1.165) is 17.3 Å². The van der Waals surface area contributed by atoms with Gasteiger partial charge < -0.3 is 11.1 Å². The quantitative estimate of drug-likeness (QED) is 0.809. The topological polar surface area (TPSA) is 55.1 Å². The third-order valence-electron chi connectivity index (χ3n) is 3.35. The van der Waals surface area contributed by atoms with E-state index in [1.807, 2.05) is 25.1 Å². The lowest BCUT2D eigenvalue weighted by Crippen LogP contribution is -2.32. The first kappa shape index (κ1) is 15.6. The summed E-state index contributed by atoms with van der Waals surface area (Å²) in [5, 5.41) is 3.01. The molecule has 0 aliphatic rings. The number of nitrogen functional groups attached to an aromatic ring is 1. The van der Waals surface area contributed by atoms with Crippen molar-refractivity contribution in [3.05, 3.63) is 64.1 Å². The predicted octanol–water partition coefficient (Wildman–Crippen LogP) is 3.78. The van der Waals surface area contributed by atoms with Crippen LogP contribution in [0.2, 0.25) is 0 Å². The Bertz CT molecular complexity index is 613. The van der Waals surface area contributed by atoms with Crippen molar-refractivity contribution < 1.29 is 4.79 Å². The van der Waals surface area contributed by atoms with Crippen LogP contribution < -0.4 is 11.1 Å². The van der Waals surface area contributed by atoms with Crippen molar-refractivity contribution in [1.82, 2.24) is 5.32 Å². The van der Waals surface area contributed by atoms with Crippen LogP contribution in [-0.2, 0) is 6.42 Å². The van der Waals surface area contributed by atoms with Gasteiger partial charge in [-0.25, -0.2) is 0 Å². The number of anilines is 1. The second-order valence-corrected chi connectivity index (χ2v) is 5.99. The number of carbonyl (C=O) groups is 1. The standard InChI is InChI=1S/C17H19BrN2O/c1-12(7-8-13-5-3-2-4-6-13)20-17(21)14-9-10-16(19)15(18)11-14/h2-6,9-12H,7-8,19H2,1H3,(H,20,21). The molecule has 1 atom stereocenters. The first-order valence-corrected chi connectivity index (χ1v) is 7.75. The largest absolute Gasteiger partial charge is 0.398 e. The molecule has 3 nitrogen and oxygen atoms in total. The molecule has 2 aromatic carbocycles. The van der Waals surface area contributed by atoms with E-state index in [4.69, 9.17) is 5.73 Å². The van der Waals surface area contributed by atoms with Gasteiger partial charge in [0.1, 0.15) is 0 Å². The molecular weight excluding hydrogens is 328 g/mol. The monoisotopic (exact) mass is 346 g/mol. The number of aryl methyl sites for hydroxylation is 1. The van der Waals surface area contributed by atoms with E-state index >= 15 is 0 Å². The minimum absolute atomic E-state index is 0.0729. The molecule has 0 bridgehead atoms. The highest BCUT2D eigenvalue weighted by Gasteiger charge is 2.11. The Morgan fingerprint density at radius 3 is 2.62 bits per heavy atom. The van der Waals surface area contributed by atoms with Crippen LogP contribution in [-0.4, -0.2) is 11.9 Å². The lowest BCUT2D eigenvalue weighted by atomic mass is 10.1. The molecule has 0 saturated carbocycles. The highest BCUT2D eigenvalue weighted by molar-refractivity contribution is 9.10. The minimum Gasteiger partial charge on any atom is -0.398 e. The summed E-state index contributed by atoms with van der Waals surface area (Å²) in [6.45, 7) is 2.02. The number of amides is 1. The Hall–Kier alpha value is -1.81. The van der Waals surface area contributed by atoms with Gasteiger partial charge in [0.05, 0.1) is 0 Å². The van der Waals surface area contributed by atoms with E-state index in [2.05, 4.69) is 33.4 Å². The van der Waals surface area contributed by atoms with Gasteiger partial charge in [-0.3, -0.25) is 4.79 Å². The lowest BCUT2D eigenvalue weighted by Gasteiger charge is -2.14. The van der Waals surface area contributed by atoms with Gasteiger partial charge in [-0.1, -0.05) is 30.3 Å². The number of hydrogen-bond donors (Lipinski definition) is 2. The number of halogens is 1. The molecule has 2 aromatic rings. The highest BCUT2D eigenvalue weighted by Crippen LogP contribution is 2.20. The van der Waals surface area contributed by atoms with Crippen LogP contribution in [0.15, 0.2) is 53.0 Å². The van der Waals surface area contributed by atoms with E-state index in [0.29, 0.717) is 11.3 Å². The first-order chi connectivity index (χ1) is 10.1. The second kappa shape index (κ2) is 7.27. The van der Waals surface area contributed by atoms with E-state index < -0.39 is 0 Å². The van der Waals surface area contributed by atoms with Crippen molar-refractivity contribution >= 4 is 27.5 Å². The van der Waals surface area contributed by atoms with Gasteiger partial charge in [0.2, 0.25) is 0 Å². The van der Waals surface area contributed by atoms with Crippen LogP contribution in [0.25, 0.3) is 0 Å². The van der Waals surface area contributed by atoms with Crippen LogP contribution in [0.1, 0.15) is 29.3 Å². The SMILES string of the molecule is CC(CCc1ccccc1)NC(=O)c1ccc(N)c(Br)c1. The maximum atomic E-state index is 12.2. The molecule has 3 N–H and O–H groups in total. The average molecular weight is 347 g/mol. The lowest BCUT2D eigenvalue weighted by molar-refractivity contribution is 0.0938. The van der Waals surface area contributed by atoms with Gasteiger partial charge in [-0.2, -0.15) is 0 Å². The van der Waals surface area contributed by atoms with Gasteiger partial charge in [-0.05, 0) is 59.5 Å². The van der Waals surface area contributed by atoms with Crippen molar-refractivity contribution in [1.29, 1.82) is 0 Å². The third kappa shape index (κ3) is 4.60. The molecule has 0 radical (unpaired) electrons. The highest BCUT2D eigenvalue weighted by atomic mass is 79.9. The molecule has 0 heterocycles. The summed E-state index contributed by atoms with van der Waals surface area (Å²) in [6.07, 6.45) is 1.86. The molecule has 0 aliphatic heterocycles. The van der Waals surface area contributed by atoms with E-state index in [1.165, 1.54) is 5.56 Å². The minimum atomic E-state index is -0.0729. The molecule has 4 heteroatoms. The fraction of sp³-hybridized carbons (Fsp3) is 0.235. The maximum Gasteiger partial charge on any atom is 0.251 e. The number of rotatable bonds is 5. The van der Waals surface area contributed by atoms with Gasteiger partial charge >= 0.3 is 0 Å². The average Bonchev–Trinajstić information content (AvgIpc) is 2.49. The van der Waals surface area contributed by atoms with Crippen molar-refractivity contribution in [2.24, 2.45) is 0 Å². The van der Waals surface area contributed by atoms with Gasteiger partial charge in [0.15, 0.2) is 0 Å². The van der Waals surface area contributed by atoms with Crippen LogP contribution in [0, 0.1) is 0 Å². The summed E-state index contributed by atoms with van der Waals surface area (Å²) in [4.78, 5) is 12.2. The molecule has 0 saturated heterocycles. The number of nitrogens with two attached hydrogens (primary N) is 1. The van der Waals surface area contributed by atoms with Gasteiger partial charge in [-0.15, -0.1) is 0 Å². The Balaban J connectivity index is 1.88. The molecule has 0 aliphatic carbocycles. The Labute approximate surface area is 133 Å². The summed E-state index contributed by atoms with van der Waals surface area (Å²) in [6, 6.07) is 15.6. The molecule has 0 spiro atoms. The molecule has 0 fully saturated rings. The van der Waals surface area contributed by atoms with Crippen LogP contribution in [0.5, 0.6) is 0 Å². The summed E-state index contributed by atoms with van der Waals surface area (Å²) in [5.41, 5.74) is 8.25. The molecule has 21 heavy (non-hydrogen) atoms. The van der Waals surface area contributed by atoms with E-state index in [-0.39, 0.29) is 11.9 Å². The first-order valence-electron chi connectivity index (χ1n) is 6.96. The number of nitrogens with one attached hydrogen (secondary N) is 1. The van der Waals surface area contributed by atoms with Crippen LogP contribution in [0.4, 0.5) is 5.69 Å². The normalized spacial score (nSPS) is 11.9. The Morgan fingerprint density at radius 2 is 1.95 bits per heavy atom. The predicted molar refractivity (Wildman–Crippen MR) is 90.2 cm³/mol. The molecule has 110 valence electrons. The van der Waals surface area contributed by atoms with E-state index in [9.17, 15) is 4.79 Å².